The number of carbonyl (C=O) groups excluding carboxylic acids is 2. The highest BCUT2D eigenvalue weighted by Gasteiger charge is 2.21. The Hall–Kier alpha value is -2.85. The molecule has 0 radical (unpaired) electrons. The van der Waals surface area contributed by atoms with Crippen LogP contribution in [-0.2, 0) is 4.74 Å². The van der Waals surface area contributed by atoms with E-state index < -0.39 is 17.5 Å². The standard InChI is InChI=1S/C16H13N3O5S2/c1-9-7-11(10(2)18(9)16-17-5-6-25-16)12(20)8-24-15(21)13-3-4-14(26-13)19(22)23/h3-7H,8H2,1-2H3. The molecule has 3 aromatic heterocycles. The largest absolute Gasteiger partial charge is 0.453 e. The van der Waals surface area contributed by atoms with Gasteiger partial charge in [0.25, 0.3) is 0 Å². The van der Waals surface area contributed by atoms with Crippen molar-refractivity contribution >= 4 is 39.4 Å². The highest BCUT2D eigenvalue weighted by molar-refractivity contribution is 7.17. The van der Waals surface area contributed by atoms with Crippen molar-refractivity contribution in [2.45, 2.75) is 13.8 Å². The summed E-state index contributed by atoms with van der Waals surface area (Å²) in [5.74, 6) is -1.11. The van der Waals surface area contributed by atoms with Gasteiger partial charge < -0.3 is 4.74 Å². The first-order valence-electron chi connectivity index (χ1n) is 7.42. The Morgan fingerprint density at radius 2 is 2.12 bits per heavy atom. The molecule has 3 aromatic rings. The van der Waals surface area contributed by atoms with Gasteiger partial charge >= 0.3 is 11.0 Å². The van der Waals surface area contributed by atoms with Crippen molar-refractivity contribution in [1.82, 2.24) is 9.55 Å². The molecule has 0 fully saturated rings. The lowest BCUT2D eigenvalue weighted by molar-refractivity contribution is -0.380. The normalized spacial score (nSPS) is 10.7. The van der Waals surface area contributed by atoms with Crippen LogP contribution in [0.15, 0.2) is 29.8 Å². The molecule has 0 spiro atoms. The van der Waals surface area contributed by atoms with Crippen molar-refractivity contribution < 1.29 is 19.2 Å². The number of thiazole rings is 1. The van der Waals surface area contributed by atoms with Crippen molar-refractivity contribution in [2.75, 3.05) is 6.61 Å². The summed E-state index contributed by atoms with van der Waals surface area (Å²) >= 11 is 2.16. The van der Waals surface area contributed by atoms with Crippen LogP contribution in [0.3, 0.4) is 0 Å². The van der Waals surface area contributed by atoms with Crippen LogP contribution in [0.1, 0.15) is 31.4 Å². The lowest BCUT2D eigenvalue weighted by Gasteiger charge is -2.06. The smallest absolute Gasteiger partial charge is 0.349 e. The number of ether oxygens (including phenoxy) is 1. The summed E-state index contributed by atoms with van der Waals surface area (Å²) in [6.07, 6.45) is 1.68. The fourth-order valence-corrected chi connectivity index (χ4v) is 3.95. The van der Waals surface area contributed by atoms with Gasteiger partial charge in [0, 0.05) is 34.6 Å². The molecule has 3 heterocycles. The number of aryl methyl sites for hydroxylation is 1. The van der Waals surface area contributed by atoms with Crippen molar-refractivity contribution in [2.24, 2.45) is 0 Å². The van der Waals surface area contributed by atoms with Gasteiger partial charge in [-0.1, -0.05) is 11.3 Å². The second-order valence-electron chi connectivity index (χ2n) is 5.33. The molecule has 0 unspecified atom stereocenters. The number of rotatable bonds is 6. The molecule has 0 bridgehead atoms. The molecule has 3 rings (SSSR count). The van der Waals surface area contributed by atoms with Crippen LogP contribution in [0.2, 0.25) is 0 Å². The fourth-order valence-electron chi connectivity index (χ4n) is 2.48. The Morgan fingerprint density at radius 3 is 2.73 bits per heavy atom. The average molecular weight is 391 g/mol. The highest BCUT2D eigenvalue weighted by Crippen LogP contribution is 2.25. The van der Waals surface area contributed by atoms with Crippen LogP contribution in [0.25, 0.3) is 5.13 Å². The van der Waals surface area contributed by atoms with Crippen LogP contribution < -0.4 is 0 Å². The maximum Gasteiger partial charge on any atom is 0.349 e. The Balaban J connectivity index is 1.71. The van der Waals surface area contributed by atoms with E-state index in [4.69, 9.17) is 4.74 Å². The summed E-state index contributed by atoms with van der Waals surface area (Å²) in [6.45, 7) is 3.22. The average Bonchev–Trinajstić information content (AvgIpc) is 3.32. The molecule has 0 aliphatic carbocycles. The second kappa shape index (κ2) is 7.18. The number of hydrogen-bond donors (Lipinski definition) is 0. The molecule has 0 atom stereocenters. The summed E-state index contributed by atoms with van der Waals surface area (Å²) in [6, 6.07) is 4.26. The van der Waals surface area contributed by atoms with Gasteiger partial charge in [-0.2, -0.15) is 0 Å². The van der Waals surface area contributed by atoms with Gasteiger partial charge in [-0.25, -0.2) is 9.78 Å². The zero-order chi connectivity index (χ0) is 18.8. The number of esters is 1. The second-order valence-corrected chi connectivity index (χ2v) is 7.26. The Bertz CT molecular complexity index is 988. The third-order valence-electron chi connectivity index (χ3n) is 3.65. The summed E-state index contributed by atoms with van der Waals surface area (Å²) in [5.41, 5.74) is 2.01. The van der Waals surface area contributed by atoms with Crippen LogP contribution >= 0.6 is 22.7 Å². The first-order chi connectivity index (χ1) is 12.4. The summed E-state index contributed by atoms with van der Waals surface area (Å²) in [5, 5.41) is 13.1. The molecule has 0 aliphatic heterocycles. The molecule has 134 valence electrons. The molecule has 0 N–H and O–H groups in total. The predicted octanol–water partition coefficient (Wildman–Crippen LogP) is 3.56. The Labute approximate surface area is 155 Å². The summed E-state index contributed by atoms with van der Waals surface area (Å²) in [4.78, 5) is 38.8. The number of ketones is 1. The highest BCUT2D eigenvalue weighted by atomic mass is 32.1. The van der Waals surface area contributed by atoms with E-state index in [0.29, 0.717) is 22.6 Å². The lowest BCUT2D eigenvalue weighted by Crippen LogP contribution is -2.14. The minimum Gasteiger partial charge on any atom is -0.453 e. The van der Waals surface area contributed by atoms with E-state index in [9.17, 15) is 19.7 Å². The van der Waals surface area contributed by atoms with E-state index >= 15 is 0 Å². The van der Waals surface area contributed by atoms with Gasteiger partial charge in [-0.05, 0) is 26.0 Å². The van der Waals surface area contributed by atoms with Crippen LogP contribution in [0, 0.1) is 24.0 Å². The third-order valence-corrected chi connectivity index (χ3v) is 5.42. The van der Waals surface area contributed by atoms with E-state index in [1.54, 1.807) is 19.2 Å². The maximum absolute atomic E-state index is 12.4. The quantitative estimate of drug-likeness (QED) is 0.275. The number of hydrogen-bond acceptors (Lipinski definition) is 8. The first-order valence-corrected chi connectivity index (χ1v) is 9.11. The maximum atomic E-state index is 12.4. The van der Waals surface area contributed by atoms with Crippen molar-refractivity contribution in [1.29, 1.82) is 0 Å². The zero-order valence-electron chi connectivity index (χ0n) is 13.8. The minimum atomic E-state index is -0.759. The molecule has 0 amide bonds. The molecule has 26 heavy (non-hydrogen) atoms. The van der Waals surface area contributed by atoms with Gasteiger partial charge in [-0.15, -0.1) is 11.3 Å². The van der Waals surface area contributed by atoms with E-state index in [0.717, 1.165) is 10.8 Å². The SMILES string of the molecule is Cc1cc(C(=O)COC(=O)c2ccc([N+](=O)[O-])s2)c(C)n1-c1nccs1. The van der Waals surface area contributed by atoms with Crippen LogP contribution in [0.4, 0.5) is 5.00 Å². The predicted molar refractivity (Wildman–Crippen MR) is 96.5 cm³/mol. The van der Waals surface area contributed by atoms with Gasteiger partial charge in [0.1, 0.15) is 4.88 Å². The monoisotopic (exact) mass is 391 g/mol. The molecule has 0 saturated heterocycles. The summed E-state index contributed by atoms with van der Waals surface area (Å²) in [7, 11) is 0. The summed E-state index contributed by atoms with van der Waals surface area (Å²) < 4.78 is 6.87. The lowest BCUT2D eigenvalue weighted by atomic mass is 10.1. The molecule has 8 nitrogen and oxygen atoms in total. The minimum absolute atomic E-state index is 0.0813. The van der Waals surface area contributed by atoms with Crippen molar-refractivity contribution in [3.63, 3.8) is 0 Å². The third kappa shape index (κ3) is 3.41. The van der Waals surface area contributed by atoms with E-state index in [1.807, 2.05) is 16.9 Å². The number of Topliss-reactive ketones (excluding diaryl/α,β-unsaturated/α-hetero) is 1. The molecule has 0 aliphatic rings. The van der Waals surface area contributed by atoms with Crippen molar-refractivity contribution in [3.8, 4) is 5.13 Å². The van der Waals surface area contributed by atoms with Crippen LogP contribution in [0.5, 0.6) is 0 Å². The van der Waals surface area contributed by atoms with Gasteiger partial charge in [0.15, 0.2) is 11.7 Å². The van der Waals surface area contributed by atoms with E-state index in [1.165, 1.54) is 23.5 Å². The molecule has 0 aromatic carbocycles. The van der Waals surface area contributed by atoms with Crippen molar-refractivity contribution in [3.05, 3.63) is 61.7 Å². The fraction of sp³-hybridized carbons (Fsp3) is 0.188. The molecular weight excluding hydrogens is 378 g/mol. The zero-order valence-corrected chi connectivity index (χ0v) is 15.4. The number of aromatic nitrogens is 2. The number of nitrogens with zero attached hydrogens (tertiary/aromatic N) is 3. The molecular formula is C16H13N3O5S2. The van der Waals surface area contributed by atoms with E-state index in [2.05, 4.69) is 4.98 Å². The van der Waals surface area contributed by atoms with E-state index in [-0.39, 0.29) is 15.7 Å². The molecule has 0 saturated carbocycles. The van der Waals surface area contributed by atoms with Gasteiger partial charge in [0.05, 0.1) is 4.92 Å². The Kier molecular flexibility index (Phi) is 4.96. The number of nitro groups is 1. The van der Waals surface area contributed by atoms with Crippen LogP contribution in [-0.4, -0.2) is 32.8 Å². The van der Waals surface area contributed by atoms with Gasteiger partial charge in [-0.3, -0.25) is 19.5 Å². The molecule has 10 heteroatoms. The number of carbonyl (C=O) groups is 2. The number of thiophene rings is 1. The first kappa shape index (κ1) is 18.0. The Morgan fingerprint density at radius 1 is 1.35 bits per heavy atom. The topological polar surface area (TPSA) is 104 Å². The van der Waals surface area contributed by atoms with Gasteiger partial charge in [0.2, 0.25) is 5.78 Å².